The number of aryl methyl sites for hydroxylation is 1. The van der Waals surface area contributed by atoms with Crippen LogP contribution in [0.25, 0.3) is 6.08 Å². The number of oxazole rings is 1. The van der Waals surface area contributed by atoms with E-state index in [9.17, 15) is 34.5 Å². The highest BCUT2D eigenvalue weighted by atomic mass is 31.2. The molecule has 2 fully saturated rings. The number of methoxy groups -OCH3 is 1. The molecule has 306 valence electrons. The molecule has 2 saturated heterocycles. The Morgan fingerprint density at radius 3 is 2.41 bits per heavy atom. The second kappa shape index (κ2) is 19.1. The quantitative estimate of drug-likeness (QED) is 0.0635. The van der Waals surface area contributed by atoms with Gasteiger partial charge in [-0.3, -0.25) is 9.32 Å². The third-order valence-electron chi connectivity index (χ3n) is 11.2. The molecule has 0 aliphatic carbocycles. The van der Waals surface area contributed by atoms with Crippen molar-refractivity contribution in [2.45, 2.75) is 143 Å². The molecule has 1 amide bonds. The lowest BCUT2D eigenvalue weighted by Crippen LogP contribution is -2.58. The maximum absolute atomic E-state index is 12.4. The van der Waals surface area contributed by atoms with E-state index in [1.54, 1.807) is 33.8 Å². The van der Waals surface area contributed by atoms with E-state index in [1.807, 2.05) is 46.8 Å². The average molecular weight is 783 g/mol. The van der Waals surface area contributed by atoms with Crippen LogP contribution in [-0.4, -0.2) is 91.6 Å². The largest absolute Gasteiger partial charge is 0.469 e. The van der Waals surface area contributed by atoms with Crippen LogP contribution >= 0.6 is 7.82 Å². The summed E-state index contributed by atoms with van der Waals surface area (Å²) >= 11 is 0. The fourth-order valence-electron chi connectivity index (χ4n) is 7.45. The zero-order chi connectivity index (χ0) is 40.8. The summed E-state index contributed by atoms with van der Waals surface area (Å²) in [5, 5.41) is 34.1. The van der Waals surface area contributed by atoms with Crippen LogP contribution in [0.1, 0.15) is 99.1 Å². The lowest BCUT2D eigenvalue weighted by atomic mass is 9.72. The molecular weight excluding hydrogens is 719 g/mol. The maximum atomic E-state index is 12.4. The molecule has 2 aliphatic rings. The maximum Gasteiger partial charge on any atom is 0.469 e. The first-order valence-corrected chi connectivity index (χ1v) is 20.1. The number of nitrogens with zero attached hydrogens (tertiary/aromatic N) is 1. The number of aromatic nitrogens is 1. The van der Waals surface area contributed by atoms with Crippen LogP contribution in [0, 0.1) is 30.1 Å². The molecule has 1 spiro atoms. The lowest BCUT2D eigenvalue weighted by Gasteiger charge is -2.50. The number of rotatable bonds is 18. The van der Waals surface area contributed by atoms with Gasteiger partial charge in [0.1, 0.15) is 24.2 Å². The van der Waals surface area contributed by atoms with E-state index >= 15 is 0 Å². The molecule has 3 rings (SSSR count). The predicted octanol–water partition coefficient (Wildman–Crippen LogP) is 5.27. The van der Waals surface area contributed by atoms with Gasteiger partial charge in [0.15, 0.2) is 11.7 Å². The van der Waals surface area contributed by atoms with E-state index < -0.39 is 73.6 Å². The molecule has 54 heavy (non-hydrogen) atoms. The summed E-state index contributed by atoms with van der Waals surface area (Å²) in [7, 11) is -3.68. The Balaban J connectivity index is 1.80. The van der Waals surface area contributed by atoms with Crippen molar-refractivity contribution in [1.29, 1.82) is 0 Å². The van der Waals surface area contributed by atoms with Crippen molar-refractivity contribution in [3.05, 3.63) is 58.9 Å². The number of carbonyl (C=O) groups excluding carboxylic acids is 1. The van der Waals surface area contributed by atoms with Gasteiger partial charge in [-0.25, -0.2) is 9.55 Å². The summed E-state index contributed by atoms with van der Waals surface area (Å²) in [5.41, 5.74) is 7.51. The number of ether oxygens (including phenoxy) is 3. The van der Waals surface area contributed by atoms with E-state index in [1.165, 1.54) is 19.4 Å². The van der Waals surface area contributed by atoms with E-state index in [-0.39, 0.29) is 24.7 Å². The topological polar surface area (TPSA) is 224 Å². The molecule has 1 aromatic heterocycles. The molecule has 0 saturated carbocycles. The van der Waals surface area contributed by atoms with Gasteiger partial charge in [-0.1, -0.05) is 69.6 Å². The number of phosphoric ester groups is 1. The summed E-state index contributed by atoms with van der Waals surface area (Å²) in [4.78, 5) is 35.4. The summed E-state index contributed by atoms with van der Waals surface area (Å²) < 4.78 is 42.2. The minimum atomic E-state index is -5.08. The zero-order valence-electron chi connectivity index (χ0n) is 33.3. The van der Waals surface area contributed by atoms with Gasteiger partial charge in [-0.05, 0) is 46.1 Å². The number of aliphatic hydroxyl groups excluding tert-OH is 3. The van der Waals surface area contributed by atoms with Crippen molar-refractivity contribution in [2.75, 3.05) is 7.11 Å². The lowest BCUT2D eigenvalue weighted by molar-refractivity contribution is -0.334. The number of allylic oxidation sites excluding steroid dienone is 4. The summed E-state index contributed by atoms with van der Waals surface area (Å²) in [6.07, 6.45) is 5.42. The Morgan fingerprint density at radius 2 is 1.83 bits per heavy atom. The first-order chi connectivity index (χ1) is 25.0. The van der Waals surface area contributed by atoms with Crippen molar-refractivity contribution in [2.24, 2.45) is 28.9 Å². The van der Waals surface area contributed by atoms with Crippen molar-refractivity contribution >= 4 is 19.8 Å². The number of amides is 1. The van der Waals surface area contributed by atoms with Crippen LogP contribution in [0.3, 0.4) is 0 Å². The SMILES string of the molecule is COC(CC(O)C(C)C(O)C(C)C=C(C)C(C)=CCCC(C)=CC(N)=O)C1OC2(CC(O)C(C)C(CC=Cc3coc(C)n3)O2)C(C)(C)C1OP(=O)(O)O. The van der Waals surface area contributed by atoms with Gasteiger partial charge in [0, 0.05) is 56.1 Å². The standard InChI is InChI=1S/C39H63N2O12P/c1-22(17-34(40)44)13-11-14-23(2)24(3)18-25(4)35(45)27(6)30(42)19-33(49-10)36-37(53-54(46,47)48)38(8,9)39(52-36)20-31(43)26(5)32(51-39)16-12-15-29-21-50-28(7)41-29/h12,14-15,17-18,21,25-27,30-33,35-37,42-43,45H,11,13,16,19-20H2,1-10H3,(H2,40,44)(H2,46,47,48). The van der Waals surface area contributed by atoms with E-state index in [0.717, 1.165) is 23.1 Å². The number of hydrogen-bond donors (Lipinski definition) is 6. The van der Waals surface area contributed by atoms with Crippen molar-refractivity contribution in [1.82, 2.24) is 4.98 Å². The first kappa shape index (κ1) is 45.9. The normalized spacial score (nSPS) is 29.8. The third kappa shape index (κ3) is 11.8. The first-order valence-electron chi connectivity index (χ1n) is 18.6. The van der Waals surface area contributed by atoms with Gasteiger partial charge in [0.05, 0.1) is 30.5 Å². The second-order valence-corrected chi connectivity index (χ2v) is 16.9. The number of primary amides is 1. The second-order valence-electron chi connectivity index (χ2n) is 15.7. The van der Waals surface area contributed by atoms with Crippen LogP contribution in [0.2, 0.25) is 0 Å². The van der Waals surface area contributed by atoms with E-state index in [4.69, 9.17) is 28.9 Å². The van der Waals surface area contributed by atoms with Crippen LogP contribution in [0.15, 0.2) is 51.7 Å². The predicted molar refractivity (Wildman–Crippen MR) is 203 cm³/mol. The zero-order valence-corrected chi connectivity index (χ0v) is 34.2. The summed E-state index contributed by atoms with van der Waals surface area (Å²) in [5.74, 6) is -2.79. The van der Waals surface area contributed by atoms with Gasteiger partial charge >= 0.3 is 7.82 Å². The molecule has 0 radical (unpaired) electrons. The molecule has 1 aromatic rings. The fraction of sp³-hybridized carbons (Fsp3) is 0.692. The minimum absolute atomic E-state index is 0.00374. The number of carbonyl (C=O) groups is 1. The summed E-state index contributed by atoms with van der Waals surface area (Å²) in [6, 6.07) is 0. The van der Waals surface area contributed by atoms with Gasteiger partial charge < -0.3 is 49.5 Å². The minimum Gasteiger partial charge on any atom is -0.449 e. The Hall–Kier alpha value is -2.49. The molecule has 0 aromatic carbocycles. The highest BCUT2D eigenvalue weighted by Gasteiger charge is 2.67. The molecule has 7 N–H and O–H groups in total. The van der Waals surface area contributed by atoms with Crippen LogP contribution in [0.5, 0.6) is 0 Å². The molecule has 0 bridgehead atoms. The Bertz CT molecular complexity index is 1580. The Labute approximate surface area is 319 Å². The van der Waals surface area contributed by atoms with E-state index in [0.29, 0.717) is 24.4 Å². The molecule has 11 atom stereocenters. The van der Waals surface area contributed by atoms with Crippen LogP contribution in [-0.2, 0) is 28.1 Å². The number of hydrogen-bond acceptors (Lipinski definition) is 11. The number of aliphatic hydroxyl groups is 3. The van der Waals surface area contributed by atoms with Gasteiger partial charge in [0.2, 0.25) is 5.91 Å². The number of phosphoric acid groups is 1. The molecule has 11 unspecified atom stereocenters. The van der Waals surface area contributed by atoms with Crippen LogP contribution < -0.4 is 5.73 Å². The van der Waals surface area contributed by atoms with Gasteiger partial charge in [0.25, 0.3) is 0 Å². The van der Waals surface area contributed by atoms with Crippen molar-refractivity contribution < 1.29 is 57.6 Å². The highest BCUT2D eigenvalue weighted by Crippen LogP contribution is 2.58. The smallest absolute Gasteiger partial charge is 0.449 e. The molecule has 15 heteroatoms. The van der Waals surface area contributed by atoms with Crippen molar-refractivity contribution in [3.63, 3.8) is 0 Å². The van der Waals surface area contributed by atoms with Gasteiger partial charge in [-0.15, -0.1) is 0 Å². The Kier molecular flexibility index (Phi) is 16.2. The number of nitrogens with two attached hydrogens (primary N) is 1. The molecule has 3 heterocycles. The van der Waals surface area contributed by atoms with Crippen molar-refractivity contribution in [3.8, 4) is 0 Å². The van der Waals surface area contributed by atoms with E-state index in [2.05, 4.69) is 11.1 Å². The fourth-order valence-corrected chi connectivity index (χ4v) is 8.13. The Morgan fingerprint density at radius 1 is 1.17 bits per heavy atom. The van der Waals surface area contributed by atoms with Crippen LogP contribution in [0.4, 0.5) is 0 Å². The molecular formula is C39H63N2O12P. The highest BCUT2D eigenvalue weighted by molar-refractivity contribution is 7.46. The summed E-state index contributed by atoms with van der Waals surface area (Å²) in [6.45, 7) is 16.4. The average Bonchev–Trinajstić information content (AvgIpc) is 3.57. The molecule has 2 aliphatic heterocycles. The molecule has 14 nitrogen and oxygen atoms in total. The third-order valence-corrected chi connectivity index (χ3v) is 11.7. The van der Waals surface area contributed by atoms with Gasteiger partial charge in [-0.2, -0.15) is 0 Å². The monoisotopic (exact) mass is 782 g/mol.